The number of piperidine rings is 1. The fourth-order valence-electron chi connectivity index (χ4n) is 4.26. The maximum Gasteiger partial charge on any atom is 0.226 e. The van der Waals surface area contributed by atoms with Gasteiger partial charge in [-0.3, -0.25) is 14.4 Å². The maximum absolute atomic E-state index is 12.7. The van der Waals surface area contributed by atoms with E-state index in [9.17, 15) is 14.4 Å². The van der Waals surface area contributed by atoms with E-state index in [1.54, 1.807) is 4.90 Å². The fourth-order valence-corrected chi connectivity index (χ4v) is 4.26. The molecule has 6 heteroatoms. The van der Waals surface area contributed by atoms with E-state index in [-0.39, 0.29) is 30.1 Å². The summed E-state index contributed by atoms with van der Waals surface area (Å²) in [6, 6.07) is 15.9. The summed E-state index contributed by atoms with van der Waals surface area (Å²) >= 11 is 0. The van der Waals surface area contributed by atoms with Gasteiger partial charge in [0.1, 0.15) is 0 Å². The van der Waals surface area contributed by atoms with Gasteiger partial charge in [0.15, 0.2) is 0 Å². The third-order valence-corrected chi connectivity index (χ3v) is 6.09. The van der Waals surface area contributed by atoms with Gasteiger partial charge in [-0.15, -0.1) is 0 Å². The summed E-state index contributed by atoms with van der Waals surface area (Å²) in [5, 5.41) is 2.97. The average molecular weight is 420 g/mol. The van der Waals surface area contributed by atoms with Crippen LogP contribution >= 0.6 is 0 Å². The van der Waals surface area contributed by atoms with Gasteiger partial charge in [-0.2, -0.15) is 0 Å². The Morgan fingerprint density at radius 1 is 1.03 bits per heavy atom. The molecule has 0 saturated carbocycles. The minimum atomic E-state index is -0.329. The number of amides is 3. The zero-order chi connectivity index (χ0) is 21.8. The van der Waals surface area contributed by atoms with Crippen LogP contribution in [-0.4, -0.2) is 35.7 Å². The Morgan fingerprint density at radius 3 is 2.61 bits per heavy atom. The lowest BCUT2D eigenvalue weighted by molar-refractivity contribution is -0.129. The van der Waals surface area contributed by atoms with Crippen molar-refractivity contribution >= 4 is 23.4 Å². The highest BCUT2D eigenvalue weighted by atomic mass is 16.2. The van der Waals surface area contributed by atoms with Crippen molar-refractivity contribution in [1.82, 2.24) is 10.2 Å². The molecule has 2 fully saturated rings. The van der Waals surface area contributed by atoms with Gasteiger partial charge >= 0.3 is 0 Å². The van der Waals surface area contributed by atoms with Crippen molar-refractivity contribution in [3.8, 4) is 0 Å². The molecule has 1 N–H and O–H groups in total. The molecule has 1 atom stereocenters. The molecule has 6 nitrogen and oxygen atoms in total. The van der Waals surface area contributed by atoms with Crippen molar-refractivity contribution in [1.29, 1.82) is 0 Å². The molecular formula is C25H29N3O3. The Hall–Kier alpha value is -3.15. The molecule has 0 spiro atoms. The Kier molecular flexibility index (Phi) is 6.35. The number of aryl methyl sites for hydroxylation is 1. The maximum atomic E-state index is 12.7. The van der Waals surface area contributed by atoms with E-state index in [1.807, 2.05) is 60.4 Å². The monoisotopic (exact) mass is 419 g/mol. The third-order valence-electron chi connectivity index (χ3n) is 6.09. The van der Waals surface area contributed by atoms with Crippen molar-refractivity contribution in [2.24, 2.45) is 5.92 Å². The zero-order valence-electron chi connectivity index (χ0n) is 18.0. The molecule has 2 aliphatic heterocycles. The molecular weight excluding hydrogens is 390 g/mol. The third kappa shape index (κ3) is 5.13. The molecule has 1 unspecified atom stereocenters. The predicted octanol–water partition coefficient (Wildman–Crippen LogP) is 3.18. The van der Waals surface area contributed by atoms with E-state index in [1.165, 1.54) is 5.56 Å². The largest absolute Gasteiger partial charge is 0.352 e. The van der Waals surface area contributed by atoms with Crippen LogP contribution in [0.3, 0.4) is 0 Å². The quantitative estimate of drug-likeness (QED) is 0.782. The first-order chi connectivity index (χ1) is 15.0. The lowest BCUT2D eigenvalue weighted by atomic mass is 10.1. The number of anilines is 1. The minimum absolute atomic E-state index is 0.0198. The van der Waals surface area contributed by atoms with E-state index in [4.69, 9.17) is 0 Å². The summed E-state index contributed by atoms with van der Waals surface area (Å²) in [5.74, 6) is -0.249. The van der Waals surface area contributed by atoms with Gasteiger partial charge in [0.05, 0.1) is 5.92 Å². The van der Waals surface area contributed by atoms with Crippen molar-refractivity contribution in [3.63, 3.8) is 0 Å². The molecule has 2 heterocycles. The van der Waals surface area contributed by atoms with Gasteiger partial charge in [-0.25, -0.2) is 0 Å². The summed E-state index contributed by atoms with van der Waals surface area (Å²) in [7, 11) is 0. The second-order valence-corrected chi connectivity index (χ2v) is 8.55. The average Bonchev–Trinajstić information content (AvgIpc) is 3.14. The molecule has 4 rings (SSSR count). The highest BCUT2D eigenvalue weighted by Gasteiger charge is 2.34. The molecule has 3 amide bonds. The van der Waals surface area contributed by atoms with Gasteiger partial charge in [0.2, 0.25) is 17.7 Å². The van der Waals surface area contributed by atoms with Crippen molar-refractivity contribution in [3.05, 3.63) is 65.2 Å². The fraction of sp³-hybridized carbons (Fsp3) is 0.400. The summed E-state index contributed by atoms with van der Waals surface area (Å²) < 4.78 is 0. The van der Waals surface area contributed by atoms with Crippen LogP contribution in [0.5, 0.6) is 0 Å². The normalized spacial score (nSPS) is 19.1. The highest BCUT2D eigenvalue weighted by Crippen LogP contribution is 2.23. The SMILES string of the molecule is Cc1ccc(CN2CC(C(=O)NCc3cccc(N4CCCCC4=O)c3)CC2=O)cc1. The van der Waals surface area contributed by atoms with Crippen LogP contribution in [0, 0.1) is 12.8 Å². The number of benzene rings is 2. The van der Waals surface area contributed by atoms with Crippen LogP contribution in [0.1, 0.15) is 42.4 Å². The summed E-state index contributed by atoms with van der Waals surface area (Å²) in [5.41, 5.74) is 4.09. The molecule has 0 bridgehead atoms. The van der Waals surface area contributed by atoms with Crippen molar-refractivity contribution in [2.45, 2.75) is 45.7 Å². The molecule has 2 aromatic rings. The Bertz CT molecular complexity index is 970. The second-order valence-electron chi connectivity index (χ2n) is 8.55. The number of hydrogen-bond donors (Lipinski definition) is 1. The number of nitrogens with zero attached hydrogens (tertiary/aromatic N) is 2. The van der Waals surface area contributed by atoms with E-state index in [0.29, 0.717) is 26.1 Å². The van der Waals surface area contributed by atoms with E-state index >= 15 is 0 Å². The lowest BCUT2D eigenvalue weighted by Crippen LogP contribution is -2.35. The van der Waals surface area contributed by atoms with Gasteiger partial charge in [0.25, 0.3) is 0 Å². The first-order valence-electron chi connectivity index (χ1n) is 11.0. The van der Waals surface area contributed by atoms with E-state index in [0.717, 1.165) is 36.2 Å². The second kappa shape index (κ2) is 9.33. The van der Waals surface area contributed by atoms with Gasteiger partial charge < -0.3 is 15.1 Å². The molecule has 0 aliphatic carbocycles. The van der Waals surface area contributed by atoms with Crippen LogP contribution in [-0.2, 0) is 27.5 Å². The predicted molar refractivity (Wildman–Crippen MR) is 119 cm³/mol. The summed E-state index contributed by atoms with van der Waals surface area (Å²) in [4.78, 5) is 40.8. The molecule has 2 aromatic carbocycles. The number of nitrogens with one attached hydrogen (secondary N) is 1. The summed E-state index contributed by atoms with van der Waals surface area (Å²) in [6.07, 6.45) is 2.81. The molecule has 0 aromatic heterocycles. The highest BCUT2D eigenvalue weighted by molar-refractivity contribution is 5.94. The van der Waals surface area contributed by atoms with Crippen molar-refractivity contribution < 1.29 is 14.4 Å². The first-order valence-corrected chi connectivity index (χ1v) is 11.0. The van der Waals surface area contributed by atoms with Gasteiger partial charge in [-0.1, -0.05) is 42.0 Å². The molecule has 31 heavy (non-hydrogen) atoms. The van der Waals surface area contributed by atoms with Gasteiger partial charge in [0, 0.05) is 44.7 Å². The van der Waals surface area contributed by atoms with E-state index < -0.39 is 0 Å². The smallest absolute Gasteiger partial charge is 0.226 e. The van der Waals surface area contributed by atoms with Crippen LogP contribution < -0.4 is 10.2 Å². The first kappa shape index (κ1) is 21.1. The number of hydrogen-bond acceptors (Lipinski definition) is 3. The number of rotatable bonds is 6. The Morgan fingerprint density at radius 2 is 1.84 bits per heavy atom. The Labute approximate surface area is 183 Å². The van der Waals surface area contributed by atoms with Crippen LogP contribution in [0.25, 0.3) is 0 Å². The molecule has 2 saturated heterocycles. The summed E-state index contributed by atoms with van der Waals surface area (Å²) in [6.45, 7) is 4.15. The van der Waals surface area contributed by atoms with Crippen LogP contribution in [0.15, 0.2) is 48.5 Å². The van der Waals surface area contributed by atoms with Crippen LogP contribution in [0.2, 0.25) is 0 Å². The lowest BCUT2D eigenvalue weighted by Gasteiger charge is -2.27. The minimum Gasteiger partial charge on any atom is -0.352 e. The topological polar surface area (TPSA) is 69.7 Å². The van der Waals surface area contributed by atoms with Crippen LogP contribution in [0.4, 0.5) is 5.69 Å². The molecule has 2 aliphatic rings. The standard InChI is InChI=1S/C25H29N3O3/c1-18-8-10-19(11-9-18)16-27-17-21(14-24(27)30)25(31)26-15-20-5-4-6-22(13-20)28-12-3-2-7-23(28)29/h4-6,8-11,13,21H,2-3,7,12,14-17H2,1H3,(H,26,31). The number of carbonyl (C=O) groups is 3. The number of likely N-dealkylation sites (tertiary alicyclic amines) is 1. The van der Waals surface area contributed by atoms with Crippen molar-refractivity contribution in [2.75, 3.05) is 18.0 Å². The molecule has 0 radical (unpaired) electrons. The number of carbonyl (C=O) groups excluding carboxylic acids is 3. The van der Waals surface area contributed by atoms with E-state index in [2.05, 4.69) is 5.32 Å². The Balaban J connectivity index is 1.32. The van der Waals surface area contributed by atoms with Gasteiger partial charge in [-0.05, 0) is 43.0 Å². The zero-order valence-corrected chi connectivity index (χ0v) is 18.0. The molecule has 162 valence electrons.